The molecule has 84 valence electrons. The minimum Gasteiger partial charge on any atom is -0.330 e. The normalized spacial score (nSPS) is 11.9. The SMILES string of the molecule is CC(C)(CCN)c1ccc2ccccc2n1. The molecule has 0 atom stereocenters. The van der Waals surface area contributed by atoms with E-state index in [9.17, 15) is 0 Å². The maximum absolute atomic E-state index is 5.64. The van der Waals surface area contributed by atoms with E-state index in [1.807, 2.05) is 12.1 Å². The summed E-state index contributed by atoms with van der Waals surface area (Å²) in [5, 5.41) is 1.19. The molecule has 0 saturated heterocycles. The Labute approximate surface area is 96.5 Å². The summed E-state index contributed by atoms with van der Waals surface area (Å²) >= 11 is 0. The topological polar surface area (TPSA) is 38.9 Å². The smallest absolute Gasteiger partial charge is 0.0705 e. The van der Waals surface area contributed by atoms with Gasteiger partial charge in [0.2, 0.25) is 0 Å². The summed E-state index contributed by atoms with van der Waals surface area (Å²) in [4.78, 5) is 4.71. The van der Waals surface area contributed by atoms with Gasteiger partial charge in [-0.1, -0.05) is 38.1 Å². The van der Waals surface area contributed by atoms with E-state index in [-0.39, 0.29) is 5.41 Å². The minimum atomic E-state index is 0.0543. The van der Waals surface area contributed by atoms with Crippen molar-refractivity contribution in [3.63, 3.8) is 0 Å². The lowest BCUT2D eigenvalue weighted by atomic mass is 9.85. The van der Waals surface area contributed by atoms with Crippen LogP contribution < -0.4 is 5.73 Å². The van der Waals surface area contributed by atoms with Crippen molar-refractivity contribution in [1.82, 2.24) is 4.98 Å². The van der Waals surface area contributed by atoms with Crippen molar-refractivity contribution in [2.75, 3.05) is 6.54 Å². The molecule has 2 rings (SSSR count). The third-order valence-corrected chi connectivity index (χ3v) is 3.06. The summed E-state index contributed by atoms with van der Waals surface area (Å²) in [6, 6.07) is 12.4. The quantitative estimate of drug-likeness (QED) is 0.853. The van der Waals surface area contributed by atoms with Crippen molar-refractivity contribution in [1.29, 1.82) is 0 Å². The molecule has 1 heterocycles. The zero-order valence-electron chi connectivity index (χ0n) is 9.90. The molecular formula is C14H18N2. The van der Waals surface area contributed by atoms with Gasteiger partial charge in [0.15, 0.2) is 0 Å². The fourth-order valence-corrected chi connectivity index (χ4v) is 1.93. The van der Waals surface area contributed by atoms with Gasteiger partial charge in [0.05, 0.1) is 5.52 Å². The first-order valence-electron chi connectivity index (χ1n) is 5.70. The molecule has 0 saturated carbocycles. The third kappa shape index (κ3) is 2.07. The Bertz CT molecular complexity index is 489. The Hall–Kier alpha value is -1.41. The summed E-state index contributed by atoms with van der Waals surface area (Å²) in [5.41, 5.74) is 7.87. The van der Waals surface area contributed by atoms with Crippen LogP contribution in [-0.4, -0.2) is 11.5 Å². The second-order valence-electron chi connectivity index (χ2n) is 4.81. The average Bonchev–Trinajstić information content (AvgIpc) is 2.28. The van der Waals surface area contributed by atoms with Crippen LogP contribution in [-0.2, 0) is 5.41 Å². The van der Waals surface area contributed by atoms with Crippen molar-refractivity contribution in [2.24, 2.45) is 5.73 Å². The van der Waals surface area contributed by atoms with E-state index < -0.39 is 0 Å². The average molecular weight is 214 g/mol. The summed E-state index contributed by atoms with van der Waals surface area (Å²) < 4.78 is 0. The molecule has 16 heavy (non-hydrogen) atoms. The minimum absolute atomic E-state index is 0.0543. The monoisotopic (exact) mass is 214 g/mol. The summed E-state index contributed by atoms with van der Waals surface area (Å²) in [5.74, 6) is 0. The van der Waals surface area contributed by atoms with Crippen molar-refractivity contribution >= 4 is 10.9 Å². The zero-order valence-corrected chi connectivity index (χ0v) is 9.90. The van der Waals surface area contributed by atoms with E-state index in [4.69, 9.17) is 10.7 Å². The molecule has 2 aromatic rings. The predicted molar refractivity (Wildman–Crippen MR) is 68.4 cm³/mol. The van der Waals surface area contributed by atoms with Gasteiger partial charge in [-0.15, -0.1) is 0 Å². The Morgan fingerprint density at radius 2 is 1.88 bits per heavy atom. The largest absolute Gasteiger partial charge is 0.330 e. The summed E-state index contributed by atoms with van der Waals surface area (Å²) in [6.07, 6.45) is 0.957. The highest BCUT2D eigenvalue weighted by Gasteiger charge is 2.21. The van der Waals surface area contributed by atoms with Gasteiger partial charge in [-0.25, -0.2) is 0 Å². The van der Waals surface area contributed by atoms with E-state index in [1.54, 1.807) is 0 Å². The van der Waals surface area contributed by atoms with E-state index in [2.05, 4.69) is 38.1 Å². The fourth-order valence-electron chi connectivity index (χ4n) is 1.93. The van der Waals surface area contributed by atoms with Crippen LogP contribution in [0.2, 0.25) is 0 Å². The number of nitrogens with two attached hydrogens (primary N) is 1. The van der Waals surface area contributed by atoms with Crippen LogP contribution in [0, 0.1) is 0 Å². The van der Waals surface area contributed by atoms with Gasteiger partial charge in [0.25, 0.3) is 0 Å². The van der Waals surface area contributed by atoms with Crippen LogP contribution in [0.1, 0.15) is 26.0 Å². The fraction of sp³-hybridized carbons (Fsp3) is 0.357. The second kappa shape index (κ2) is 4.22. The van der Waals surface area contributed by atoms with Crippen LogP contribution in [0.4, 0.5) is 0 Å². The highest BCUT2D eigenvalue weighted by atomic mass is 14.7. The molecule has 0 amide bonds. The van der Waals surface area contributed by atoms with Gasteiger partial charge in [-0.2, -0.15) is 0 Å². The van der Waals surface area contributed by atoms with Gasteiger partial charge >= 0.3 is 0 Å². The number of hydrogen-bond acceptors (Lipinski definition) is 2. The van der Waals surface area contributed by atoms with E-state index in [1.165, 1.54) is 5.39 Å². The molecule has 0 aliphatic carbocycles. The number of fused-ring (bicyclic) bond motifs is 1. The first-order chi connectivity index (χ1) is 7.63. The number of nitrogens with zero attached hydrogens (tertiary/aromatic N) is 1. The first-order valence-corrected chi connectivity index (χ1v) is 5.70. The van der Waals surface area contributed by atoms with Crippen molar-refractivity contribution in [2.45, 2.75) is 25.7 Å². The Balaban J connectivity index is 2.46. The second-order valence-corrected chi connectivity index (χ2v) is 4.81. The lowest BCUT2D eigenvalue weighted by Gasteiger charge is -2.23. The van der Waals surface area contributed by atoms with Crippen LogP contribution in [0.3, 0.4) is 0 Å². The Kier molecular flexibility index (Phi) is 2.92. The molecule has 0 spiro atoms. The van der Waals surface area contributed by atoms with Crippen LogP contribution in [0.5, 0.6) is 0 Å². The van der Waals surface area contributed by atoms with E-state index >= 15 is 0 Å². The van der Waals surface area contributed by atoms with Gasteiger partial charge in [0.1, 0.15) is 0 Å². The zero-order chi connectivity index (χ0) is 11.6. The molecule has 0 aliphatic heterocycles. The van der Waals surface area contributed by atoms with E-state index in [0.29, 0.717) is 6.54 Å². The molecule has 1 aromatic carbocycles. The number of para-hydroxylation sites is 1. The van der Waals surface area contributed by atoms with Crippen LogP contribution in [0.15, 0.2) is 36.4 Å². The molecule has 0 bridgehead atoms. The first kappa shape index (κ1) is 11.1. The molecular weight excluding hydrogens is 196 g/mol. The number of rotatable bonds is 3. The van der Waals surface area contributed by atoms with Crippen molar-refractivity contribution in [3.8, 4) is 0 Å². The number of benzene rings is 1. The standard InChI is InChI=1S/C14H18N2/c1-14(2,9-10-15)13-8-7-11-5-3-4-6-12(11)16-13/h3-8H,9-10,15H2,1-2H3. The Morgan fingerprint density at radius 3 is 2.62 bits per heavy atom. The maximum atomic E-state index is 5.64. The molecule has 0 aliphatic rings. The van der Waals surface area contributed by atoms with Crippen molar-refractivity contribution < 1.29 is 0 Å². The molecule has 0 fully saturated rings. The summed E-state index contributed by atoms with van der Waals surface area (Å²) in [7, 11) is 0. The van der Waals surface area contributed by atoms with Gasteiger partial charge in [-0.3, -0.25) is 4.98 Å². The summed E-state index contributed by atoms with van der Waals surface area (Å²) in [6.45, 7) is 5.08. The molecule has 0 unspecified atom stereocenters. The lowest BCUT2D eigenvalue weighted by Crippen LogP contribution is -2.22. The van der Waals surface area contributed by atoms with Gasteiger partial charge < -0.3 is 5.73 Å². The number of aromatic nitrogens is 1. The third-order valence-electron chi connectivity index (χ3n) is 3.06. The highest BCUT2D eigenvalue weighted by molar-refractivity contribution is 5.78. The van der Waals surface area contributed by atoms with Crippen molar-refractivity contribution in [3.05, 3.63) is 42.1 Å². The molecule has 1 aromatic heterocycles. The molecule has 0 radical (unpaired) electrons. The maximum Gasteiger partial charge on any atom is 0.0705 e. The van der Waals surface area contributed by atoms with Gasteiger partial charge in [0, 0.05) is 16.5 Å². The number of hydrogen-bond donors (Lipinski definition) is 1. The van der Waals surface area contributed by atoms with Crippen LogP contribution in [0.25, 0.3) is 10.9 Å². The lowest BCUT2D eigenvalue weighted by molar-refractivity contribution is 0.475. The highest BCUT2D eigenvalue weighted by Crippen LogP contribution is 2.26. The van der Waals surface area contributed by atoms with Crippen LogP contribution >= 0.6 is 0 Å². The molecule has 2 N–H and O–H groups in total. The molecule has 2 heteroatoms. The van der Waals surface area contributed by atoms with Gasteiger partial charge in [-0.05, 0) is 25.1 Å². The number of pyridine rings is 1. The van der Waals surface area contributed by atoms with E-state index in [0.717, 1.165) is 17.6 Å². The molecule has 2 nitrogen and oxygen atoms in total. The predicted octanol–water partition coefficient (Wildman–Crippen LogP) is 2.86. The Morgan fingerprint density at radius 1 is 1.12 bits per heavy atom.